The Morgan fingerprint density at radius 2 is 2.17 bits per heavy atom. The topological polar surface area (TPSA) is 78.9 Å². The molecule has 0 aliphatic heterocycles. The van der Waals surface area contributed by atoms with Crippen LogP contribution in [0.5, 0.6) is 0 Å². The fourth-order valence-corrected chi connectivity index (χ4v) is 1.67. The highest BCUT2D eigenvalue weighted by Crippen LogP contribution is 2.22. The molecule has 0 radical (unpaired) electrons. The number of halogens is 1. The smallest absolute Gasteiger partial charge is 0.255 e. The number of amides is 1. The zero-order chi connectivity index (χ0) is 13.9. The number of hydrogen-bond donors (Lipinski definition) is 2. The van der Waals surface area contributed by atoms with Gasteiger partial charge in [-0.1, -0.05) is 28.9 Å². The molecule has 3 N–H and O–H groups in total. The van der Waals surface area contributed by atoms with Crippen LogP contribution in [-0.4, -0.2) is 34.9 Å². The van der Waals surface area contributed by atoms with Crippen molar-refractivity contribution in [1.29, 1.82) is 0 Å². The molecule has 1 unspecified atom stereocenters. The lowest BCUT2D eigenvalue weighted by atomic mass is 10.1. The highest BCUT2D eigenvalue weighted by Gasteiger charge is 2.22. The second-order valence-corrected chi connectivity index (χ2v) is 4.43. The predicted molar refractivity (Wildman–Crippen MR) is 71.2 cm³/mol. The summed E-state index contributed by atoms with van der Waals surface area (Å²) in [7, 11) is 1.57. The SMILES string of the molecule is Cc1cccc(C(=O)N(C)C(C)/C(N)=N/O)c1Cl. The number of carbonyl (C=O) groups excluding carboxylic acids is 1. The van der Waals surface area contributed by atoms with E-state index in [-0.39, 0.29) is 11.7 Å². The molecule has 0 spiro atoms. The average Bonchev–Trinajstić information content (AvgIpc) is 2.38. The molecule has 1 rings (SSSR count). The second-order valence-electron chi connectivity index (χ2n) is 4.05. The first-order valence-corrected chi connectivity index (χ1v) is 5.77. The third kappa shape index (κ3) is 2.73. The summed E-state index contributed by atoms with van der Waals surface area (Å²) in [6.07, 6.45) is 0. The van der Waals surface area contributed by atoms with Crippen LogP contribution in [-0.2, 0) is 0 Å². The molecule has 1 aromatic carbocycles. The first-order chi connectivity index (χ1) is 8.40. The number of rotatable bonds is 3. The minimum absolute atomic E-state index is 0.0328. The Kier molecular flexibility index (Phi) is 4.55. The lowest BCUT2D eigenvalue weighted by Gasteiger charge is -2.24. The molecule has 18 heavy (non-hydrogen) atoms. The molecule has 0 saturated carbocycles. The average molecular weight is 270 g/mol. The molecule has 0 saturated heterocycles. The minimum atomic E-state index is -0.515. The number of carbonyl (C=O) groups is 1. The third-order valence-corrected chi connectivity index (χ3v) is 3.37. The van der Waals surface area contributed by atoms with E-state index < -0.39 is 6.04 Å². The highest BCUT2D eigenvalue weighted by atomic mass is 35.5. The van der Waals surface area contributed by atoms with Crippen molar-refractivity contribution in [3.05, 3.63) is 34.3 Å². The van der Waals surface area contributed by atoms with E-state index in [9.17, 15) is 4.79 Å². The van der Waals surface area contributed by atoms with Crippen molar-refractivity contribution in [2.75, 3.05) is 7.05 Å². The van der Waals surface area contributed by atoms with Gasteiger partial charge in [0.15, 0.2) is 5.84 Å². The van der Waals surface area contributed by atoms with Crippen molar-refractivity contribution in [3.63, 3.8) is 0 Å². The van der Waals surface area contributed by atoms with Crippen molar-refractivity contribution in [2.24, 2.45) is 10.9 Å². The van der Waals surface area contributed by atoms with Gasteiger partial charge in [-0.15, -0.1) is 0 Å². The summed E-state index contributed by atoms with van der Waals surface area (Å²) in [5.41, 5.74) is 6.70. The zero-order valence-corrected chi connectivity index (χ0v) is 11.3. The number of aryl methyl sites for hydroxylation is 1. The number of nitrogens with two attached hydrogens (primary N) is 1. The summed E-state index contributed by atoms with van der Waals surface area (Å²) >= 11 is 6.09. The predicted octanol–water partition coefficient (Wildman–Crippen LogP) is 1.86. The van der Waals surface area contributed by atoms with Crippen molar-refractivity contribution in [2.45, 2.75) is 19.9 Å². The van der Waals surface area contributed by atoms with Crippen LogP contribution >= 0.6 is 11.6 Å². The molecule has 0 heterocycles. The van der Waals surface area contributed by atoms with Crippen molar-refractivity contribution in [3.8, 4) is 0 Å². The van der Waals surface area contributed by atoms with E-state index in [1.54, 1.807) is 26.1 Å². The van der Waals surface area contributed by atoms with Crippen LogP contribution in [0.4, 0.5) is 0 Å². The van der Waals surface area contributed by atoms with E-state index in [0.29, 0.717) is 10.6 Å². The Morgan fingerprint density at radius 3 is 2.72 bits per heavy atom. The summed E-state index contributed by atoms with van der Waals surface area (Å²) < 4.78 is 0. The van der Waals surface area contributed by atoms with E-state index >= 15 is 0 Å². The van der Waals surface area contributed by atoms with Gasteiger partial charge in [0.2, 0.25) is 0 Å². The van der Waals surface area contributed by atoms with E-state index in [1.807, 2.05) is 13.0 Å². The van der Waals surface area contributed by atoms with Crippen LogP contribution in [0.2, 0.25) is 5.02 Å². The third-order valence-electron chi connectivity index (χ3n) is 2.87. The number of benzene rings is 1. The molecule has 0 aliphatic rings. The molecule has 0 fully saturated rings. The standard InChI is InChI=1S/C12H16ClN3O2/c1-7-5-4-6-9(10(7)13)12(17)16(3)8(2)11(14)15-18/h4-6,8,18H,1-3H3,(H2,14,15). The van der Waals surface area contributed by atoms with Crippen molar-refractivity contribution < 1.29 is 10.0 Å². The number of nitrogens with zero attached hydrogens (tertiary/aromatic N) is 2. The van der Waals surface area contributed by atoms with Gasteiger partial charge in [0.05, 0.1) is 16.6 Å². The Bertz CT molecular complexity index is 488. The number of oxime groups is 1. The monoisotopic (exact) mass is 269 g/mol. The van der Waals surface area contributed by atoms with Gasteiger partial charge in [-0.05, 0) is 25.5 Å². The van der Waals surface area contributed by atoms with Gasteiger partial charge < -0.3 is 15.8 Å². The summed E-state index contributed by atoms with van der Waals surface area (Å²) in [5.74, 6) is -0.308. The van der Waals surface area contributed by atoms with Crippen LogP contribution in [0.1, 0.15) is 22.8 Å². The molecule has 1 aromatic rings. The lowest BCUT2D eigenvalue weighted by molar-refractivity contribution is 0.0776. The summed E-state index contributed by atoms with van der Waals surface area (Å²) in [6.45, 7) is 3.49. The van der Waals surface area contributed by atoms with E-state index in [4.69, 9.17) is 22.5 Å². The van der Waals surface area contributed by atoms with Gasteiger partial charge in [-0.2, -0.15) is 0 Å². The van der Waals surface area contributed by atoms with Crippen LogP contribution in [0.3, 0.4) is 0 Å². The molecular formula is C12H16ClN3O2. The number of hydrogen-bond acceptors (Lipinski definition) is 3. The summed E-state index contributed by atoms with van der Waals surface area (Å²) in [4.78, 5) is 13.6. The number of likely N-dealkylation sites (N-methyl/N-ethyl adjacent to an activating group) is 1. The molecule has 98 valence electrons. The van der Waals surface area contributed by atoms with Gasteiger partial charge in [0.25, 0.3) is 5.91 Å². The fraction of sp³-hybridized carbons (Fsp3) is 0.333. The molecule has 6 heteroatoms. The lowest BCUT2D eigenvalue weighted by Crippen LogP contribution is -2.43. The summed E-state index contributed by atoms with van der Waals surface area (Å²) in [5, 5.41) is 11.9. The van der Waals surface area contributed by atoms with E-state index in [1.165, 1.54) is 4.90 Å². The van der Waals surface area contributed by atoms with Crippen LogP contribution in [0.15, 0.2) is 23.4 Å². The highest BCUT2D eigenvalue weighted by molar-refractivity contribution is 6.34. The van der Waals surface area contributed by atoms with Gasteiger partial charge >= 0.3 is 0 Å². The van der Waals surface area contributed by atoms with Crippen molar-refractivity contribution in [1.82, 2.24) is 4.90 Å². The first kappa shape index (κ1) is 14.3. The molecule has 1 amide bonds. The normalized spacial score (nSPS) is 13.2. The number of amidine groups is 1. The molecule has 0 bridgehead atoms. The zero-order valence-electron chi connectivity index (χ0n) is 10.5. The van der Waals surface area contributed by atoms with Crippen molar-refractivity contribution >= 4 is 23.3 Å². The minimum Gasteiger partial charge on any atom is -0.409 e. The maximum Gasteiger partial charge on any atom is 0.255 e. The van der Waals surface area contributed by atoms with Gasteiger partial charge in [0.1, 0.15) is 0 Å². The van der Waals surface area contributed by atoms with Crippen LogP contribution < -0.4 is 5.73 Å². The molecule has 0 aliphatic carbocycles. The van der Waals surface area contributed by atoms with Crippen LogP contribution in [0.25, 0.3) is 0 Å². The largest absolute Gasteiger partial charge is 0.409 e. The van der Waals surface area contributed by atoms with Gasteiger partial charge in [-0.3, -0.25) is 4.79 Å². The van der Waals surface area contributed by atoms with E-state index in [2.05, 4.69) is 5.16 Å². The Hall–Kier alpha value is -1.75. The quantitative estimate of drug-likeness (QED) is 0.380. The Balaban J connectivity index is 3.04. The van der Waals surface area contributed by atoms with E-state index in [0.717, 1.165) is 5.56 Å². The fourth-order valence-electron chi connectivity index (χ4n) is 1.46. The Labute approximate surface area is 111 Å². The Morgan fingerprint density at radius 1 is 1.56 bits per heavy atom. The summed E-state index contributed by atoms with van der Waals surface area (Å²) in [6, 6.07) is 4.72. The second kappa shape index (κ2) is 5.73. The molecule has 5 nitrogen and oxygen atoms in total. The maximum absolute atomic E-state index is 12.2. The van der Waals surface area contributed by atoms with Gasteiger partial charge in [0, 0.05) is 7.05 Å². The maximum atomic E-state index is 12.2. The molecule has 1 atom stereocenters. The van der Waals surface area contributed by atoms with Crippen LogP contribution in [0, 0.1) is 6.92 Å². The molecular weight excluding hydrogens is 254 g/mol. The first-order valence-electron chi connectivity index (χ1n) is 5.39. The van der Waals surface area contributed by atoms with Gasteiger partial charge in [-0.25, -0.2) is 0 Å². The molecule has 0 aromatic heterocycles.